The van der Waals surface area contributed by atoms with Gasteiger partial charge in [0.2, 0.25) is 11.5 Å². The summed E-state index contributed by atoms with van der Waals surface area (Å²) >= 11 is 0. The van der Waals surface area contributed by atoms with Gasteiger partial charge in [0.25, 0.3) is 17.1 Å². The molecule has 4 heterocycles. The Kier molecular flexibility index (Phi) is 5.43. The number of benzene rings is 1. The fraction of sp³-hybridized carbons (Fsp3) is 0.0800. The average Bonchev–Trinajstić information content (AvgIpc) is 2.86. The number of aromatic nitrogens is 4. The molecular formula is C25H20FN6O2+. The lowest BCUT2D eigenvalue weighted by Crippen LogP contribution is -2.43. The maximum atomic E-state index is 13.3. The first-order chi connectivity index (χ1) is 16.5. The molecule has 0 saturated carbocycles. The smallest absolute Gasteiger partial charge is 0.278 e. The summed E-state index contributed by atoms with van der Waals surface area (Å²) in [5.41, 5.74) is 8.69. The lowest BCUT2D eigenvalue weighted by molar-refractivity contribution is -0.649. The van der Waals surface area contributed by atoms with E-state index < -0.39 is 5.91 Å². The normalized spacial score (nSPS) is 11.1. The molecule has 168 valence electrons. The molecule has 5 aromatic rings. The number of nitrogens with two attached hydrogens (primary N) is 1. The highest BCUT2D eigenvalue weighted by molar-refractivity contribution is 6.00. The van der Waals surface area contributed by atoms with Crippen molar-refractivity contribution in [2.75, 3.05) is 5.73 Å². The van der Waals surface area contributed by atoms with E-state index in [0.29, 0.717) is 11.3 Å². The van der Waals surface area contributed by atoms with Crippen molar-refractivity contribution in [3.63, 3.8) is 0 Å². The van der Waals surface area contributed by atoms with E-state index in [-0.39, 0.29) is 41.2 Å². The SMILES string of the molecule is Nc1c(C(=O)NCc2ccc(F)cc2)cc2c(=O)n3ccccc3nc2[n+]1Cc1cccnc1. The molecule has 0 aliphatic heterocycles. The first kappa shape index (κ1) is 21.2. The summed E-state index contributed by atoms with van der Waals surface area (Å²) in [7, 11) is 0. The molecular weight excluding hydrogens is 435 g/mol. The molecule has 0 saturated heterocycles. The molecule has 0 bridgehead atoms. The number of halogens is 1. The van der Waals surface area contributed by atoms with E-state index in [0.717, 1.165) is 11.1 Å². The molecule has 0 atom stereocenters. The Morgan fingerprint density at radius 3 is 2.68 bits per heavy atom. The van der Waals surface area contributed by atoms with Gasteiger partial charge in [-0.15, -0.1) is 0 Å². The summed E-state index contributed by atoms with van der Waals surface area (Å²) in [6.07, 6.45) is 4.97. The molecule has 0 aliphatic rings. The zero-order valence-electron chi connectivity index (χ0n) is 18.0. The number of nitrogens with zero attached hydrogens (tertiary/aromatic N) is 4. The van der Waals surface area contributed by atoms with Crippen LogP contribution in [0.1, 0.15) is 21.5 Å². The molecule has 8 nitrogen and oxygen atoms in total. The molecule has 1 aromatic carbocycles. The number of amides is 1. The summed E-state index contributed by atoms with van der Waals surface area (Å²) in [6.45, 7) is 0.443. The maximum Gasteiger partial charge on any atom is 0.278 e. The molecule has 34 heavy (non-hydrogen) atoms. The molecule has 1 amide bonds. The molecule has 0 aliphatic carbocycles. The highest BCUT2D eigenvalue weighted by Gasteiger charge is 2.24. The van der Waals surface area contributed by atoms with Gasteiger partial charge in [0, 0.05) is 30.7 Å². The van der Waals surface area contributed by atoms with Crippen molar-refractivity contribution in [3.8, 4) is 0 Å². The quantitative estimate of drug-likeness (QED) is 0.312. The minimum absolute atomic E-state index is 0.147. The van der Waals surface area contributed by atoms with E-state index in [4.69, 9.17) is 5.73 Å². The van der Waals surface area contributed by atoms with Crippen LogP contribution in [-0.4, -0.2) is 20.3 Å². The van der Waals surface area contributed by atoms with Gasteiger partial charge in [0.05, 0.1) is 6.54 Å². The third-order valence-electron chi connectivity index (χ3n) is 5.53. The van der Waals surface area contributed by atoms with E-state index in [9.17, 15) is 14.0 Å². The zero-order chi connectivity index (χ0) is 23.7. The first-order valence-electron chi connectivity index (χ1n) is 10.6. The van der Waals surface area contributed by atoms with Gasteiger partial charge in [-0.3, -0.25) is 19.0 Å². The minimum Gasteiger partial charge on any atom is -0.348 e. The lowest BCUT2D eigenvalue weighted by atomic mass is 10.1. The predicted molar refractivity (Wildman–Crippen MR) is 124 cm³/mol. The largest absolute Gasteiger partial charge is 0.348 e. The topological polar surface area (TPSA) is 106 Å². The van der Waals surface area contributed by atoms with Crippen LogP contribution in [0, 0.1) is 5.82 Å². The highest BCUT2D eigenvalue weighted by Crippen LogP contribution is 2.16. The van der Waals surface area contributed by atoms with Gasteiger partial charge in [-0.2, -0.15) is 0 Å². The van der Waals surface area contributed by atoms with Crippen LogP contribution in [0.25, 0.3) is 16.7 Å². The van der Waals surface area contributed by atoms with Gasteiger partial charge in [-0.1, -0.05) is 29.2 Å². The summed E-state index contributed by atoms with van der Waals surface area (Å²) in [5.74, 6) is -0.646. The standard InChI is InChI=1S/C25H19FN6O2/c26-18-8-6-16(7-9-18)14-29-24(33)19-12-20-23(30-21-5-1-2-11-31(21)25(20)34)32(22(19)27)15-17-4-3-10-28-13-17/h1-13,27H,14-15H2,(H,29,33)/p+1. The van der Waals surface area contributed by atoms with Gasteiger partial charge in [0.1, 0.15) is 16.8 Å². The average molecular weight is 455 g/mol. The summed E-state index contributed by atoms with van der Waals surface area (Å²) in [5, 5.41) is 3.05. The van der Waals surface area contributed by atoms with Crippen LogP contribution in [0.5, 0.6) is 0 Å². The summed E-state index contributed by atoms with van der Waals surface area (Å²) in [4.78, 5) is 35.2. The number of anilines is 1. The number of nitrogen functional groups attached to an aromatic ring is 1. The number of pyridine rings is 3. The number of hydrogen-bond acceptors (Lipinski definition) is 5. The van der Waals surface area contributed by atoms with Crippen LogP contribution in [-0.2, 0) is 13.1 Å². The molecule has 0 spiro atoms. The Hall–Kier alpha value is -4.66. The Morgan fingerprint density at radius 1 is 1.09 bits per heavy atom. The van der Waals surface area contributed by atoms with E-state index >= 15 is 0 Å². The number of nitrogens with one attached hydrogen (secondary N) is 1. The minimum atomic E-state index is -0.457. The first-order valence-corrected chi connectivity index (χ1v) is 10.6. The van der Waals surface area contributed by atoms with E-state index in [1.165, 1.54) is 22.6 Å². The Labute approximate surface area is 193 Å². The monoisotopic (exact) mass is 455 g/mol. The van der Waals surface area contributed by atoms with Crippen LogP contribution < -0.4 is 21.2 Å². The van der Waals surface area contributed by atoms with E-state index in [1.54, 1.807) is 59.6 Å². The molecule has 0 fully saturated rings. The van der Waals surface area contributed by atoms with Crippen LogP contribution in [0.2, 0.25) is 0 Å². The van der Waals surface area contributed by atoms with Crippen molar-refractivity contribution < 1.29 is 13.8 Å². The number of fused-ring (bicyclic) bond motifs is 2. The van der Waals surface area contributed by atoms with Crippen molar-refractivity contribution >= 4 is 28.4 Å². The van der Waals surface area contributed by atoms with E-state index in [1.807, 2.05) is 6.07 Å². The van der Waals surface area contributed by atoms with Gasteiger partial charge >= 0.3 is 0 Å². The summed E-state index contributed by atoms with van der Waals surface area (Å²) in [6, 6.07) is 16.2. The molecule has 9 heteroatoms. The van der Waals surface area contributed by atoms with Gasteiger partial charge in [-0.25, -0.2) is 8.96 Å². The van der Waals surface area contributed by atoms with Crippen LogP contribution in [0.4, 0.5) is 10.2 Å². The van der Waals surface area contributed by atoms with Crippen molar-refractivity contribution in [1.29, 1.82) is 0 Å². The van der Waals surface area contributed by atoms with Crippen LogP contribution in [0.3, 0.4) is 0 Å². The molecule has 3 N–H and O–H groups in total. The molecule has 0 radical (unpaired) electrons. The van der Waals surface area contributed by atoms with Crippen molar-refractivity contribution in [3.05, 3.63) is 112 Å². The van der Waals surface area contributed by atoms with Gasteiger partial charge < -0.3 is 11.1 Å². The number of carbonyl (C=O) groups is 1. The van der Waals surface area contributed by atoms with Crippen molar-refractivity contribution in [2.24, 2.45) is 0 Å². The lowest BCUT2D eigenvalue weighted by Gasteiger charge is -2.12. The second-order valence-electron chi connectivity index (χ2n) is 7.78. The summed E-state index contributed by atoms with van der Waals surface area (Å²) < 4.78 is 16.2. The Bertz CT molecular complexity index is 1580. The Morgan fingerprint density at radius 2 is 1.91 bits per heavy atom. The Balaban J connectivity index is 1.64. The molecule has 5 rings (SSSR count). The molecule has 4 aromatic heterocycles. The number of carbonyl (C=O) groups excluding carboxylic acids is 1. The van der Waals surface area contributed by atoms with Crippen molar-refractivity contribution in [1.82, 2.24) is 19.7 Å². The third kappa shape index (κ3) is 3.95. The van der Waals surface area contributed by atoms with Gasteiger partial charge in [0.15, 0.2) is 0 Å². The van der Waals surface area contributed by atoms with Crippen molar-refractivity contribution in [2.45, 2.75) is 13.1 Å². The fourth-order valence-electron chi connectivity index (χ4n) is 3.80. The predicted octanol–water partition coefficient (Wildman–Crippen LogP) is 2.23. The highest BCUT2D eigenvalue weighted by atomic mass is 19.1. The molecule has 0 unspecified atom stereocenters. The van der Waals surface area contributed by atoms with E-state index in [2.05, 4.69) is 15.3 Å². The number of hydrogen-bond donors (Lipinski definition) is 2. The van der Waals surface area contributed by atoms with Crippen LogP contribution in [0.15, 0.2) is 84.0 Å². The maximum absolute atomic E-state index is 13.3. The second-order valence-corrected chi connectivity index (χ2v) is 7.78. The number of rotatable bonds is 5. The fourth-order valence-corrected chi connectivity index (χ4v) is 3.80. The van der Waals surface area contributed by atoms with Gasteiger partial charge in [-0.05, 0) is 42.0 Å². The van der Waals surface area contributed by atoms with Crippen LogP contribution >= 0.6 is 0 Å². The second kappa shape index (κ2) is 8.70. The zero-order valence-corrected chi connectivity index (χ0v) is 18.0. The third-order valence-corrected chi connectivity index (χ3v) is 5.53.